The second-order valence-corrected chi connectivity index (χ2v) is 5.87. The number of nitrogens with zero attached hydrogens (tertiary/aromatic N) is 1. The molecule has 104 valence electrons. The molecule has 4 heteroatoms. The Morgan fingerprint density at radius 2 is 2.06 bits per heavy atom. The van der Waals surface area contributed by atoms with Crippen molar-refractivity contribution in [2.24, 2.45) is 11.1 Å². The lowest BCUT2D eigenvalue weighted by molar-refractivity contribution is -0.179. The summed E-state index contributed by atoms with van der Waals surface area (Å²) in [5.41, 5.74) is 5.60. The molecular formula is C14H26N2O2. The quantitative estimate of drug-likeness (QED) is 0.809. The lowest BCUT2D eigenvalue weighted by Gasteiger charge is -2.60. The number of nitrogens with two attached hydrogens (primary N) is 1. The third kappa shape index (κ3) is 2.41. The molecule has 0 unspecified atom stereocenters. The first-order valence-electron chi connectivity index (χ1n) is 7.20. The first kappa shape index (κ1) is 13.8. The molecule has 0 aliphatic heterocycles. The Bertz CT molecular complexity index is 300. The minimum Gasteiger partial charge on any atom is -0.378 e. The van der Waals surface area contributed by atoms with E-state index in [1.807, 2.05) is 7.05 Å². The smallest absolute Gasteiger partial charge is 0.231 e. The number of hydrogen-bond donors (Lipinski definition) is 1. The zero-order valence-corrected chi connectivity index (χ0v) is 11.7. The predicted octanol–water partition coefficient (Wildman–Crippen LogP) is 1.53. The molecule has 2 aliphatic rings. The predicted molar refractivity (Wildman–Crippen MR) is 71.2 cm³/mol. The number of hydrogen-bond acceptors (Lipinski definition) is 3. The van der Waals surface area contributed by atoms with Crippen LogP contribution in [0.25, 0.3) is 0 Å². The fourth-order valence-corrected chi connectivity index (χ4v) is 4.00. The molecule has 0 radical (unpaired) electrons. The van der Waals surface area contributed by atoms with E-state index in [9.17, 15) is 4.79 Å². The van der Waals surface area contributed by atoms with E-state index in [-0.39, 0.29) is 5.91 Å². The zero-order chi connectivity index (χ0) is 13.2. The van der Waals surface area contributed by atoms with Crippen LogP contribution in [-0.2, 0) is 9.53 Å². The molecular weight excluding hydrogens is 228 g/mol. The van der Waals surface area contributed by atoms with Gasteiger partial charge in [0.2, 0.25) is 5.91 Å². The minimum absolute atomic E-state index is 0.233. The fourth-order valence-electron chi connectivity index (χ4n) is 4.00. The van der Waals surface area contributed by atoms with Crippen LogP contribution in [-0.4, -0.2) is 43.2 Å². The molecule has 0 aromatic carbocycles. The maximum absolute atomic E-state index is 11.1. The van der Waals surface area contributed by atoms with Crippen molar-refractivity contribution in [1.29, 1.82) is 0 Å². The third-order valence-electron chi connectivity index (χ3n) is 4.83. The van der Waals surface area contributed by atoms with Gasteiger partial charge in [0.25, 0.3) is 0 Å². The highest BCUT2D eigenvalue weighted by molar-refractivity contribution is 5.75. The topological polar surface area (TPSA) is 55.6 Å². The molecule has 2 fully saturated rings. The first-order chi connectivity index (χ1) is 8.60. The van der Waals surface area contributed by atoms with Crippen LogP contribution in [0.3, 0.4) is 0 Å². The largest absolute Gasteiger partial charge is 0.378 e. The highest BCUT2D eigenvalue weighted by Gasteiger charge is 2.56. The van der Waals surface area contributed by atoms with Crippen LogP contribution in [0.4, 0.5) is 0 Å². The second-order valence-electron chi connectivity index (χ2n) is 5.87. The van der Waals surface area contributed by atoms with Gasteiger partial charge in [-0.2, -0.15) is 0 Å². The number of ether oxygens (including phenoxy) is 1. The Morgan fingerprint density at radius 3 is 2.61 bits per heavy atom. The van der Waals surface area contributed by atoms with Crippen molar-refractivity contribution in [3.8, 4) is 0 Å². The van der Waals surface area contributed by atoms with Crippen molar-refractivity contribution in [2.75, 3.05) is 20.2 Å². The van der Waals surface area contributed by atoms with E-state index in [4.69, 9.17) is 10.5 Å². The highest BCUT2D eigenvalue weighted by Crippen LogP contribution is 2.54. The number of carbonyl (C=O) groups is 1. The summed E-state index contributed by atoms with van der Waals surface area (Å²) in [7, 11) is 2.02. The molecule has 2 aliphatic carbocycles. The third-order valence-corrected chi connectivity index (χ3v) is 4.83. The summed E-state index contributed by atoms with van der Waals surface area (Å²) in [6, 6.07) is 0.474. The van der Waals surface area contributed by atoms with Crippen molar-refractivity contribution in [2.45, 2.75) is 57.6 Å². The molecule has 0 bridgehead atoms. The molecule has 2 saturated carbocycles. The van der Waals surface area contributed by atoms with Gasteiger partial charge in [-0.3, -0.25) is 9.69 Å². The molecule has 18 heavy (non-hydrogen) atoms. The number of carbonyl (C=O) groups excluding carboxylic acids is 1. The van der Waals surface area contributed by atoms with Gasteiger partial charge < -0.3 is 10.5 Å². The van der Waals surface area contributed by atoms with E-state index in [1.165, 1.54) is 32.1 Å². The van der Waals surface area contributed by atoms with Crippen molar-refractivity contribution in [3.05, 3.63) is 0 Å². The Balaban J connectivity index is 2.04. The van der Waals surface area contributed by atoms with E-state index in [1.54, 1.807) is 0 Å². The van der Waals surface area contributed by atoms with Crippen molar-refractivity contribution < 1.29 is 9.53 Å². The Labute approximate surface area is 110 Å². The van der Waals surface area contributed by atoms with Crippen molar-refractivity contribution in [1.82, 2.24) is 4.90 Å². The summed E-state index contributed by atoms with van der Waals surface area (Å²) in [5.74, 6) is -0.233. The normalized spacial score (nSPS) is 30.4. The average Bonchev–Trinajstić information content (AvgIpc) is 2.34. The van der Waals surface area contributed by atoms with E-state index >= 15 is 0 Å². The molecule has 0 heterocycles. The van der Waals surface area contributed by atoms with Crippen LogP contribution < -0.4 is 5.73 Å². The van der Waals surface area contributed by atoms with Crippen LogP contribution in [0.15, 0.2) is 0 Å². The van der Waals surface area contributed by atoms with Gasteiger partial charge >= 0.3 is 0 Å². The van der Waals surface area contributed by atoms with Crippen LogP contribution in [0.2, 0.25) is 0 Å². The summed E-state index contributed by atoms with van der Waals surface area (Å²) in [4.78, 5) is 13.2. The Kier molecular flexibility index (Phi) is 4.28. The summed E-state index contributed by atoms with van der Waals surface area (Å²) in [5, 5.41) is 0. The average molecular weight is 254 g/mol. The molecule has 4 nitrogen and oxygen atoms in total. The van der Waals surface area contributed by atoms with Gasteiger partial charge in [0.05, 0.1) is 12.6 Å². The Hall–Kier alpha value is -0.610. The van der Waals surface area contributed by atoms with Gasteiger partial charge in [-0.1, -0.05) is 19.3 Å². The van der Waals surface area contributed by atoms with Crippen LogP contribution in [0, 0.1) is 5.41 Å². The molecule has 2 rings (SSSR count). The highest BCUT2D eigenvalue weighted by atomic mass is 16.5. The van der Waals surface area contributed by atoms with E-state index < -0.39 is 0 Å². The lowest BCUT2D eigenvalue weighted by atomic mass is 9.54. The van der Waals surface area contributed by atoms with E-state index in [2.05, 4.69) is 11.8 Å². The first-order valence-corrected chi connectivity index (χ1v) is 7.20. The SMILES string of the molecule is CCO[C@@H]1C[C@H](N(C)CC(N)=O)C12CCCCC2. The van der Waals surface area contributed by atoms with Gasteiger partial charge in [0.1, 0.15) is 0 Å². The van der Waals surface area contributed by atoms with Crippen molar-refractivity contribution >= 4 is 5.91 Å². The maximum Gasteiger partial charge on any atom is 0.231 e. The summed E-state index contributed by atoms with van der Waals surface area (Å²) >= 11 is 0. The summed E-state index contributed by atoms with van der Waals surface area (Å²) in [6.07, 6.45) is 7.86. The molecule has 0 saturated heterocycles. The molecule has 0 aromatic heterocycles. The van der Waals surface area contributed by atoms with Gasteiger partial charge in [-0.05, 0) is 33.2 Å². The van der Waals surface area contributed by atoms with Crippen LogP contribution in [0.1, 0.15) is 45.4 Å². The van der Waals surface area contributed by atoms with Gasteiger partial charge in [0.15, 0.2) is 0 Å². The van der Waals surface area contributed by atoms with Crippen LogP contribution in [0.5, 0.6) is 0 Å². The zero-order valence-electron chi connectivity index (χ0n) is 11.7. The lowest BCUT2D eigenvalue weighted by Crippen LogP contribution is -2.65. The second kappa shape index (κ2) is 5.57. The standard InChI is InChI=1S/C14H26N2O2/c1-3-18-12-9-11(16(2)10-13(15)17)14(12)7-5-4-6-8-14/h11-12H,3-10H2,1-2H3,(H2,15,17)/t11-,12+/m0/s1. The van der Waals surface area contributed by atoms with Gasteiger partial charge in [-0.15, -0.1) is 0 Å². The molecule has 2 N–H and O–H groups in total. The fraction of sp³-hybridized carbons (Fsp3) is 0.929. The summed E-state index contributed by atoms with van der Waals surface area (Å²) < 4.78 is 5.91. The molecule has 0 aromatic rings. The maximum atomic E-state index is 11.1. The monoisotopic (exact) mass is 254 g/mol. The number of amides is 1. The van der Waals surface area contributed by atoms with E-state index in [0.717, 1.165) is 13.0 Å². The van der Waals surface area contributed by atoms with Crippen LogP contribution >= 0.6 is 0 Å². The van der Waals surface area contributed by atoms with E-state index in [0.29, 0.717) is 24.1 Å². The minimum atomic E-state index is -0.233. The van der Waals surface area contributed by atoms with Gasteiger partial charge in [0, 0.05) is 18.1 Å². The number of primary amides is 1. The Morgan fingerprint density at radius 1 is 1.39 bits per heavy atom. The van der Waals surface area contributed by atoms with Gasteiger partial charge in [-0.25, -0.2) is 0 Å². The molecule has 1 amide bonds. The number of rotatable bonds is 5. The number of likely N-dealkylation sites (N-methyl/N-ethyl adjacent to an activating group) is 1. The molecule has 1 spiro atoms. The summed E-state index contributed by atoms with van der Waals surface area (Å²) in [6.45, 7) is 3.22. The van der Waals surface area contributed by atoms with Crippen molar-refractivity contribution in [3.63, 3.8) is 0 Å². The molecule has 2 atom stereocenters.